The van der Waals surface area contributed by atoms with E-state index in [9.17, 15) is 13.2 Å². The van der Waals surface area contributed by atoms with E-state index in [1.165, 1.54) is 0 Å². The van der Waals surface area contributed by atoms with E-state index in [0.29, 0.717) is 0 Å². The number of hydrogen-bond acceptors (Lipinski definition) is 2. The van der Waals surface area contributed by atoms with Gasteiger partial charge in [0.1, 0.15) is 0 Å². The van der Waals surface area contributed by atoms with Gasteiger partial charge in [0, 0.05) is 43.7 Å². The van der Waals surface area contributed by atoms with Gasteiger partial charge in [-0.05, 0) is 24.3 Å². The minimum atomic E-state index is -4.26. The molecule has 0 radical (unpaired) electrons. The molecule has 0 aliphatic carbocycles. The summed E-state index contributed by atoms with van der Waals surface area (Å²) < 4.78 is 37.4. The normalized spacial score (nSPS) is 17.8. The predicted octanol–water partition coefficient (Wildman–Crippen LogP) is 3.22. The van der Waals surface area contributed by atoms with Crippen LogP contribution in [0.25, 0.3) is 0 Å². The molecule has 1 heterocycles. The lowest BCUT2D eigenvalue weighted by atomic mass is 10.1. The second kappa shape index (κ2) is 6.13. The zero-order valence-electron chi connectivity index (χ0n) is 10.5. The Morgan fingerprint density at radius 3 is 2.05 bits per heavy atom. The summed E-state index contributed by atoms with van der Waals surface area (Å²) in [5, 5.41) is 0.952. The third kappa shape index (κ3) is 3.86. The monoisotopic (exact) mass is 336 g/mol. The third-order valence-corrected chi connectivity index (χ3v) is 3.69. The zero-order valence-corrected chi connectivity index (χ0v) is 12.0. The number of piperazine rings is 1. The number of anilines is 1. The van der Waals surface area contributed by atoms with Gasteiger partial charge in [-0.15, -0.1) is 0 Å². The highest BCUT2D eigenvalue weighted by atomic mass is 79.9. The largest absolute Gasteiger partial charge is 0.416 e. The molecule has 6 heteroatoms. The van der Waals surface area contributed by atoms with E-state index in [4.69, 9.17) is 0 Å². The van der Waals surface area contributed by atoms with Crippen molar-refractivity contribution in [3.8, 4) is 0 Å². The molecule has 0 amide bonds. The van der Waals surface area contributed by atoms with E-state index in [-0.39, 0.29) is 0 Å². The van der Waals surface area contributed by atoms with Gasteiger partial charge in [0.15, 0.2) is 0 Å². The van der Waals surface area contributed by atoms with Crippen molar-refractivity contribution in [2.75, 3.05) is 43.0 Å². The van der Waals surface area contributed by atoms with Crippen LogP contribution in [0.15, 0.2) is 24.3 Å². The van der Waals surface area contributed by atoms with Crippen molar-refractivity contribution in [1.82, 2.24) is 4.90 Å². The van der Waals surface area contributed by atoms with E-state index >= 15 is 0 Å². The Morgan fingerprint density at radius 1 is 1.00 bits per heavy atom. The number of halogens is 4. The van der Waals surface area contributed by atoms with E-state index in [1.807, 2.05) is 0 Å². The van der Waals surface area contributed by atoms with Gasteiger partial charge in [0.05, 0.1) is 5.56 Å². The molecule has 0 atom stereocenters. The molecular formula is C13H16BrF3N2. The van der Waals surface area contributed by atoms with Crippen molar-refractivity contribution in [1.29, 1.82) is 0 Å². The molecule has 1 aliphatic rings. The second-order valence-corrected chi connectivity index (χ2v) is 5.36. The minimum absolute atomic E-state index is 0.589. The van der Waals surface area contributed by atoms with E-state index < -0.39 is 11.7 Å². The van der Waals surface area contributed by atoms with Crippen LogP contribution in [0.3, 0.4) is 0 Å². The molecule has 0 saturated carbocycles. The molecule has 19 heavy (non-hydrogen) atoms. The summed E-state index contributed by atoms with van der Waals surface area (Å²) in [4.78, 5) is 4.47. The number of nitrogens with zero attached hydrogens (tertiary/aromatic N) is 2. The molecular weight excluding hydrogens is 321 g/mol. The van der Waals surface area contributed by atoms with Crippen molar-refractivity contribution >= 4 is 21.6 Å². The van der Waals surface area contributed by atoms with E-state index in [1.54, 1.807) is 12.1 Å². The first-order valence-electron chi connectivity index (χ1n) is 6.21. The molecule has 1 aromatic carbocycles. The molecule has 0 spiro atoms. The van der Waals surface area contributed by atoms with Crippen molar-refractivity contribution < 1.29 is 13.2 Å². The summed E-state index contributed by atoms with van der Waals surface area (Å²) in [6.45, 7) is 4.64. The van der Waals surface area contributed by atoms with Gasteiger partial charge in [-0.3, -0.25) is 4.90 Å². The summed E-state index contributed by atoms with van der Waals surface area (Å²) in [6, 6.07) is 5.42. The summed E-state index contributed by atoms with van der Waals surface area (Å²) in [5.41, 5.74) is 0.278. The lowest BCUT2D eigenvalue weighted by Crippen LogP contribution is -2.46. The van der Waals surface area contributed by atoms with Gasteiger partial charge in [-0.1, -0.05) is 15.9 Å². The average Bonchev–Trinajstić information content (AvgIpc) is 2.39. The highest BCUT2D eigenvalue weighted by Gasteiger charge is 2.30. The molecule has 1 aliphatic heterocycles. The van der Waals surface area contributed by atoms with E-state index in [2.05, 4.69) is 25.7 Å². The third-order valence-electron chi connectivity index (χ3n) is 3.33. The Balaban J connectivity index is 1.97. The maximum atomic E-state index is 12.5. The van der Waals surface area contributed by atoms with Crippen LogP contribution < -0.4 is 4.90 Å². The van der Waals surface area contributed by atoms with Gasteiger partial charge in [-0.2, -0.15) is 13.2 Å². The Kier molecular flexibility index (Phi) is 4.73. The first-order chi connectivity index (χ1) is 9.00. The molecule has 1 saturated heterocycles. The second-order valence-electron chi connectivity index (χ2n) is 4.56. The van der Waals surface area contributed by atoms with Gasteiger partial charge >= 0.3 is 6.18 Å². The lowest BCUT2D eigenvalue weighted by molar-refractivity contribution is -0.137. The fourth-order valence-electron chi connectivity index (χ4n) is 2.21. The topological polar surface area (TPSA) is 6.48 Å². The van der Waals surface area contributed by atoms with Crippen LogP contribution in [-0.2, 0) is 6.18 Å². The average molecular weight is 337 g/mol. The van der Waals surface area contributed by atoms with Crippen LogP contribution >= 0.6 is 15.9 Å². The fourth-order valence-corrected chi connectivity index (χ4v) is 2.71. The molecule has 2 rings (SSSR count). The first-order valence-corrected chi connectivity index (χ1v) is 7.33. The van der Waals surface area contributed by atoms with Crippen molar-refractivity contribution in [2.24, 2.45) is 0 Å². The molecule has 0 bridgehead atoms. The molecule has 106 valence electrons. The smallest absolute Gasteiger partial charge is 0.369 e. The summed E-state index contributed by atoms with van der Waals surface area (Å²) >= 11 is 3.41. The molecule has 2 nitrogen and oxygen atoms in total. The van der Waals surface area contributed by atoms with Gasteiger partial charge < -0.3 is 4.90 Å². The number of rotatable bonds is 3. The lowest BCUT2D eigenvalue weighted by Gasteiger charge is -2.35. The number of alkyl halides is 4. The molecule has 0 N–H and O–H groups in total. The molecule has 0 unspecified atom stereocenters. The van der Waals surface area contributed by atoms with Crippen LogP contribution in [0.2, 0.25) is 0 Å². The molecule has 1 aromatic rings. The van der Waals surface area contributed by atoms with Crippen molar-refractivity contribution in [3.05, 3.63) is 29.8 Å². The number of hydrogen-bond donors (Lipinski definition) is 0. The highest BCUT2D eigenvalue weighted by molar-refractivity contribution is 9.09. The van der Waals surface area contributed by atoms with Crippen LogP contribution in [0, 0.1) is 0 Å². The van der Waals surface area contributed by atoms with Crippen LogP contribution in [-0.4, -0.2) is 43.0 Å². The Labute approximate surface area is 119 Å². The highest BCUT2D eigenvalue weighted by Crippen LogP contribution is 2.30. The summed E-state index contributed by atoms with van der Waals surface area (Å²) in [7, 11) is 0. The Hall–Kier alpha value is -0.750. The zero-order chi connectivity index (χ0) is 13.9. The number of benzene rings is 1. The van der Waals surface area contributed by atoms with E-state index in [0.717, 1.165) is 55.9 Å². The predicted molar refractivity (Wildman–Crippen MR) is 73.9 cm³/mol. The summed E-state index contributed by atoms with van der Waals surface area (Å²) in [6.07, 6.45) is -4.26. The fraction of sp³-hybridized carbons (Fsp3) is 0.538. The standard InChI is InChI=1S/C13H16BrF3N2/c14-5-6-18-7-9-19(10-8-18)12-3-1-11(2-4-12)13(15,16)17/h1-4H,5-10H2. The van der Waals surface area contributed by atoms with Crippen molar-refractivity contribution in [3.63, 3.8) is 0 Å². The van der Waals surface area contributed by atoms with Gasteiger partial charge in [0.25, 0.3) is 0 Å². The summed E-state index contributed by atoms with van der Waals surface area (Å²) in [5.74, 6) is 0. The van der Waals surface area contributed by atoms with Crippen LogP contribution in [0.5, 0.6) is 0 Å². The quantitative estimate of drug-likeness (QED) is 0.782. The minimum Gasteiger partial charge on any atom is -0.369 e. The Morgan fingerprint density at radius 2 is 1.58 bits per heavy atom. The van der Waals surface area contributed by atoms with Crippen molar-refractivity contribution in [2.45, 2.75) is 6.18 Å². The SMILES string of the molecule is FC(F)(F)c1ccc(N2CCN(CCBr)CC2)cc1. The van der Waals surface area contributed by atoms with Crippen LogP contribution in [0.1, 0.15) is 5.56 Å². The van der Waals surface area contributed by atoms with Gasteiger partial charge in [-0.25, -0.2) is 0 Å². The molecule has 1 fully saturated rings. The maximum absolute atomic E-state index is 12.5. The Bertz CT molecular complexity index is 397. The molecule has 0 aromatic heterocycles. The van der Waals surface area contributed by atoms with Gasteiger partial charge in [0.2, 0.25) is 0 Å². The first kappa shape index (κ1) is 14.7. The van der Waals surface area contributed by atoms with Crippen LogP contribution in [0.4, 0.5) is 18.9 Å². The maximum Gasteiger partial charge on any atom is 0.416 e.